The normalized spacial score (nSPS) is 14.7. The Labute approximate surface area is 143 Å². The predicted molar refractivity (Wildman–Crippen MR) is 102 cm³/mol. The zero-order valence-electron chi connectivity index (χ0n) is 12.4. The molecule has 3 N–H and O–H groups in total. The van der Waals surface area contributed by atoms with E-state index in [4.69, 9.17) is 5.73 Å². The summed E-state index contributed by atoms with van der Waals surface area (Å²) in [6.07, 6.45) is 5.76. The minimum Gasteiger partial charge on any atom is -0.370 e. The highest BCUT2D eigenvalue weighted by Gasteiger charge is 2.15. The maximum Gasteiger partial charge on any atom is 0.193 e. The van der Waals surface area contributed by atoms with Crippen molar-refractivity contribution in [3.8, 4) is 0 Å². The van der Waals surface area contributed by atoms with Gasteiger partial charge in [-0.2, -0.15) is 11.8 Å². The number of fused-ring (bicyclic) bond motifs is 1. The van der Waals surface area contributed by atoms with E-state index in [2.05, 4.69) is 48.6 Å². The van der Waals surface area contributed by atoms with Crippen LogP contribution in [-0.4, -0.2) is 23.5 Å². The van der Waals surface area contributed by atoms with Crippen molar-refractivity contribution in [2.24, 2.45) is 10.7 Å². The fourth-order valence-corrected chi connectivity index (χ4v) is 2.37. The van der Waals surface area contributed by atoms with Gasteiger partial charge < -0.3 is 11.1 Å². The fraction of sp³-hybridized carbons (Fsp3) is 0.533. The van der Waals surface area contributed by atoms with Gasteiger partial charge in [-0.05, 0) is 62.6 Å². The standard InChI is InChI=1S/C15H23N3S.HI/c1-15(2,19-3)10-17-14(16)18-13-8-7-11-5-4-6-12(11)9-13;/h7-9H,4-6,10H2,1-3H3,(H3,16,17,18);1H. The van der Waals surface area contributed by atoms with Crippen molar-refractivity contribution in [3.63, 3.8) is 0 Å². The monoisotopic (exact) mass is 405 g/mol. The van der Waals surface area contributed by atoms with Crippen molar-refractivity contribution in [1.29, 1.82) is 0 Å². The van der Waals surface area contributed by atoms with Crippen LogP contribution >= 0.6 is 35.7 Å². The number of thioether (sulfide) groups is 1. The van der Waals surface area contributed by atoms with Crippen LogP contribution in [0.3, 0.4) is 0 Å². The highest BCUT2D eigenvalue weighted by molar-refractivity contribution is 14.0. The number of guanidine groups is 1. The lowest BCUT2D eigenvalue weighted by Gasteiger charge is -2.19. The molecule has 0 unspecified atom stereocenters. The summed E-state index contributed by atoms with van der Waals surface area (Å²) >= 11 is 1.80. The van der Waals surface area contributed by atoms with Crippen molar-refractivity contribution in [1.82, 2.24) is 0 Å². The largest absolute Gasteiger partial charge is 0.370 e. The number of nitrogens with one attached hydrogen (secondary N) is 1. The molecule has 1 aliphatic rings. The number of benzene rings is 1. The molecule has 0 heterocycles. The van der Waals surface area contributed by atoms with Gasteiger partial charge in [0.15, 0.2) is 5.96 Å². The summed E-state index contributed by atoms with van der Waals surface area (Å²) in [6, 6.07) is 6.49. The minimum absolute atomic E-state index is 0. The lowest BCUT2D eigenvalue weighted by atomic mass is 10.1. The van der Waals surface area contributed by atoms with Crippen LogP contribution in [0.1, 0.15) is 31.4 Å². The van der Waals surface area contributed by atoms with Crippen LogP contribution in [0.4, 0.5) is 5.69 Å². The fourth-order valence-electron chi connectivity index (χ4n) is 2.18. The van der Waals surface area contributed by atoms with Gasteiger partial charge in [-0.1, -0.05) is 6.07 Å². The molecule has 5 heteroatoms. The maximum absolute atomic E-state index is 5.94. The van der Waals surface area contributed by atoms with E-state index in [0.29, 0.717) is 5.96 Å². The van der Waals surface area contributed by atoms with Gasteiger partial charge in [0.05, 0.1) is 6.54 Å². The Morgan fingerprint density at radius 3 is 2.75 bits per heavy atom. The highest BCUT2D eigenvalue weighted by Crippen LogP contribution is 2.25. The Morgan fingerprint density at radius 1 is 1.35 bits per heavy atom. The van der Waals surface area contributed by atoms with Gasteiger partial charge in [0, 0.05) is 10.4 Å². The van der Waals surface area contributed by atoms with Crippen LogP contribution < -0.4 is 11.1 Å². The van der Waals surface area contributed by atoms with Gasteiger partial charge in [-0.3, -0.25) is 4.99 Å². The summed E-state index contributed by atoms with van der Waals surface area (Å²) in [5.74, 6) is 0.500. The van der Waals surface area contributed by atoms with Crippen LogP contribution in [0.2, 0.25) is 0 Å². The van der Waals surface area contributed by atoms with E-state index in [1.807, 2.05) is 0 Å². The third-order valence-corrected chi connectivity index (χ3v) is 4.79. The first kappa shape index (κ1) is 17.6. The SMILES string of the molecule is CSC(C)(C)CN=C(N)Nc1ccc2c(c1)CCC2.I. The molecular formula is C15H24IN3S. The number of nitrogens with two attached hydrogens (primary N) is 1. The minimum atomic E-state index is 0. The second-order valence-corrected chi connectivity index (χ2v) is 7.14. The third kappa shape index (κ3) is 4.84. The zero-order valence-corrected chi connectivity index (χ0v) is 15.5. The van der Waals surface area contributed by atoms with Crippen LogP contribution in [-0.2, 0) is 12.8 Å². The Kier molecular flexibility index (Phi) is 6.64. The Balaban J connectivity index is 0.00000200. The molecule has 0 radical (unpaired) electrons. The number of aryl methyl sites for hydroxylation is 2. The van der Waals surface area contributed by atoms with Crippen molar-refractivity contribution in [2.45, 2.75) is 37.9 Å². The number of aliphatic imine (C=N–C) groups is 1. The topological polar surface area (TPSA) is 50.4 Å². The van der Waals surface area contributed by atoms with E-state index in [1.54, 1.807) is 11.8 Å². The van der Waals surface area contributed by atoms with Gasteiger partial charge in [-0.15, -0.1) is 24.0 Å². The van der Waals surface area contributed by atoms with Crippen LogP contribution in [0.15, 0.2) is 23.2 Å². The van der Waals surface area contributed by atoms with Crippen molar-refractivity contribution in [3.05, 3.63) is 29.3 Å². The molecule has 0 atom stereocenters. The smallest absolute Gasteiger partial charge is 0.193 e. The first-order chi connectivity index (χ1) is 9.00. The third-order valence-electron chi connectivity index (χ3n) is 3.55. The molecule has 0 amide bonds. The molecule has 0 spiro atoms. The van der Waals surface area contributed by atoms with E-state index in [1.165, 1.54) is 30.4 Å². The van der Waals surface area contributed by atoms with Crippen molar-refractivity contribution < 1.29 is 0 Å². The summed E-state index contributed by atoms with van der Waals surface area (Å²) < 4.78 is 0.129. The van der Waals surface area contributed by atoms with E-state index < -0.39 is 0 Å². The lowest BCUT2D eigenvalue weighted by Crippen LogP contribution is -2.27. The molecule has 0 saturated heterocycles. The molecule has 1 aromatic rings. The number of anilines is 1. The molecule has 0 aromatic heterocycles. The van der Waals surface area contributed by atoms with Crippen LogP contribution in [0.25, 0.3) is 0 Å². The van der Waals surface area contributed by atoms with Gasteiger partial charge in [0.25, 0.3) is 0 Å². The molecule has 3 nitrogen and oxygen atoms in total. The predicted octanol–water partition coefficient (Wildman–Crippen LogP) is 3.66. The van der Waals surface area contributed by atoms with Crippen LogP contribution in [0, 0.1) is 0 Å². The average molecular weight is 405 g/mol. The molecule has 0 bridgehead atoms. The number of nitrogens with zero attached hydrogens (tertiary/aromatic N) is 1. The second-order valence-electron chi connectivity index (χ2n) is 5.63. The number of rotatable bonds is 4. The molecule has 1 aromatic carbocycles. The molecule has 0 saturated carbocycles. The summed E-state index contributed by atoms with van der Waals surface area (Å²) in [4.78, 5) is 4.42. The lowest BCUT2D eigenvalue weighted by molar-refractivity contribution is 0.726. The summed E-state index contributed by atoms with van der Waals surface area (Å²) in [5, 5.41) is 3.19. The first-order valence-electron chi connectivity index (χ1n) is 6.74. The second kappa shape index (κ2) is 7.54. The molecule has 0 aliphatic heterocycles. The van der Waals surface area contributed by atoms with Gasteiger partial charge in [0.1, 0.15) is 0 Å². The molecular weight excluding hydrogens is 381 g/mol. The highest BCUT2D eigenvalue weighted by atomic mass is 127. The molecule has 1 aliphatic carbocycles. The summed E-state index contributed by atoms with van der Waals surface area (Å²) in [7, 11) is 0. The Morgan fingerprint density at radius 2 is 2.05 bits per heavy atom. The quantitative estimate of drug-likeness (QED) is 0.457. The average Bonchev–Trinajstić information content (AvgIpc) is 2.84. The van der Waals surface area contributed by atoms with E-state index in [0.717, 1.165) is 12.2 Å². The number of hydrogen-bond acceptors (Lipinski definition) is 2. The van der Waals surface area contributed by atoms with E-state index >= 15 is 0 Å². The molecule has 20 heavy (non-hydrogen) atoms. The number of hydrogen-bond donors (Lipinski definition) is 2. The molecule has 0 fully saturated rings. The Hall–Kier alpha value is -0.430. The van der Waals surface area contributed by atoms with Gasteiger partial charge in [0.2, 0.25) is 0 Å². The van der Waals surface area contributed by atoms with Gasteiger partial charge in [-0.25, -0.2) is 0 Å². The van der Waals surface area contributed by atoms with E-state index in [9.17, 15) is 0 Å². The van der Waals surface area contributed by atoms with E-state index in [-0.39, 0.29) is 28.7 Å². The molecule has 112 valence electrons. The maximum atomic E-state index is 5.94. The molecule has 2 rings (SSSR count). The number of halogens is 1. The summed E-state index contributed by atoms with van der Waals surface area (Å²) in [6.45, 7) is 5.06. The zero-order chi connectivity index (χ0) is 13.9. The first-order valence-corrected chi connectivity index (χ1v) is 7.96. The summed E-state index contributed by atoms with van der Waals surface area (Å²) in [5.41, 5.74) is 9.91. The van der Waals surface area contributed by atoms with Crippen LogP contribution in [0.5, 0.6) is 0 Å². The van der Waals surface area contributed by atoms with Gasteiger partial charge >= 0.3 is 0 Å². The van der Waals surface area contributed by atoms with Crippen molar-refractivity contribution >= 4 is 47.4 Å². The van der Waals surface area contributed by atoms with Crippen molar-refractivity contribution in [2.75, 3.05) is 18.1 Å². The Bertz CT molecular complexity index is 486.